The van der Waals surface area contributed by atoms with E-state index in [-0.39, 0.29) is 18.6 Å². The van der Waals surface area contributed by atoms with Gasteiger partial charge >= 0.3 is 6.16 Å². The lowest BCUT2D eigenvalue weighted by atomic mass is 9.85. The van der Waals surface area contributed by atoms with Crippen molar-refractivity contribution in [3.05, 3.63) is 35.9 Å². The van der Waals surface area contributed by atoms with Crippen molar-refractivity contribution in [2.24, 2.45) is 11.7 Å². The molecule has 1 aromatic carbocycles. The molecule has 136 valence electrons. The van der Waals surface area contributed by atoms with Crippen LogP contribution in [0.4, 0.5) is 4.79 Å². The number of carbonyl (C=O) groups is 2. The summed E-state index contributed by atoms with van der Waals surface area (Å²) in [5.41, 5.74) is 6.69. The topological polar surface area (TPSA) is 81.9 Å². The molecule has 6 heteroatoms. The van der Waals surface area contributed by atoms with Crippen molar-refractivity contribution in [1.29, 1.82) is 0 Å². The monoisotopic (exact) mass is 346 g/mol. The highest BCUT2D eigenvalue weighted by atomic mass is 16.7. The molecule has 6 nitrogen and oxygen atoms in total. The third kappa shape index (κ3) is 4.12. The van der Waals surface area contributed by atoms with Crippen LogP contribution in [0.2, 0.25) is 0 Å². The Hall–Kier alpha value is -2.08. The maximum Gasteiger partial charge on any atom is 0.510 e. The van der Waals surface area contributed by atoms with E-state index in [1.807, 2.05) is 30.3 Å². The van der Waals surface area contributed by atoms with Crippen LogP contribution >= 0.6 is 0 Å². The average Bonchev–Trinajstić information content (AvgIpc) is 2.97. The first-order valence-corrected chi connectivity index (χ1v) is 9.01. The van der Waals surface area contributed by atoms with E-state index in [9.17, 15) is 9.59 Å². The van der Waals surface area contributed by atoms with E-state index in [1.54, 1.807) is 11.8 Å². The molecule has 0 spiro atoms. The lowest BCUT2D eigenvalue weighted by Gasteiger charge is -2.34. The van der Waals surface area contributed by atoms with Crippen LogP contribution in [0.15, 0.2) is 30.3 Å². The van der Waals surface area contributed by atoms with Crippen LogP contribution in [0, 0.1) is 5.92 Å². The van der Waals surface area contributed by atoms with Crippen molar-refractivity contribution in [1.82, 2.24) is 4.90 Å². The van der Waals surface area contributed by atoms with Crippen molar-refractivity contribution in [2.45, 2.75) is 63.9 Å². The second-order valence-corrected chi connectivity index (χ2v) is 6.98. The van der Waals surface area contributed by atoms with Crippen LogP contribution < -0.4 is 5.73 Å². The molecule has 2 aliphatic rings. The third-order valence-electron chi connectivity index (χ3n) is 5.12. The molecular formula is C19H26N2O4. The summed E-state index contributed by atoms with van der Waals surface area (Å²) in [6, 6.07) is 8.95. The predicted octanol–water partition coefficient (Wildman–Crippen LogP) is 2.80. The first kappa shape index (κ1) is 17.7. The van der Waals surface area contributed by atoms with Crippen LogP contribution in [0.25, 0.3) is 0 Å². The van der Waals surface area contributed by atoms with Gasteiger partial charge < -0.3 is 20.1 Å². The van der Waals surface area contributed by atoms with E-state index in [1.165, 1.54) is 0 Å². The van der Waals surface area contributed by atoms with E-state index in [0.717, 1.165) is 31.2 Å². The van der Waals surface area contributed by atoms with Crippen molar-refractivity contribution < 1.29 is 19.1 Å². The third-order valence-corrected chi connectivity index (χ3v) is 5.12. The first-order valence-electron chi connectivity index (χ1n) is 9.01. The van der Waals surface area contributed by atoms with Gasteiger partial charge in [-0.05, 0) is 31.2 Å². The fraction of sp³-hybridized carbons (Fsp3) is 0.579. The van der Waals surface area contributed by atoms with E-state index >= 15 is 0 Å². The highest BCUT2D eigenvalue weighted by Crippen LogP contribution is 2.40. The quantitative estimate of drug-likeness (QED) is 0.848. The summed E-state index contributed by atoms with van der Waals surface area (Å²) in [7, 11) is 0. The molecular weight excluding hydrogens is 320 g/mol. The van der Waals surface area contributed by atoms with Gasteiger partial charge in [0.2, 0.25) is 5.91 Å². The molecule has 1 aliphatic carbocycles. The number of ether oxygens (including phenoxy) is 2. The molecule has 1 saturated carbocycles. The Morgan fingerprint density at radius 3 is 2.68 bits per heavy atom. The minimum Gasteiger partial charge on any atom is -0.429 e. The van der Waals surface area contributed by atoms with Gasteiger partial charge in [0, 0.05) is 12.5 Å². The molecule has 1 amide bonds. The predicted molar refractivity (Wildman–Crippen MR) is 92.4 cm³/mol. The Kier molecular flexibility index (Phi) is 5.58. The van der Waals surface area contributed by atoms with E-state index in [2.05, 4.69) is 0 Å². The summed E-state index contributed by atoms with van der Waals surface area (Å²) >= 11 is 0. The molecule has 0 radical (unpaired) electrons. The molecule has 2 N–H and O–H groups in total. The summed E-state index contributed by atoms with van der Waals surface area (Å²) in [5.74, 6) is 0.221. The van der Waals surface area contributed by atoms with E-state index in [4.69, 9.17) is 15.2 Å². The first-order chi connectivity index (χ1) is 12.1. The number of amides is 1. The summed E-state index contributed by atoms with van der Waals surface area (Å²) < 4.78 is 10.7. The maximum atomic E-state index is 12.5. The number of carbonyl (C=O) groups excluding carboxylic acids is 2. The van der Waals surface area contributed by atoms with Crippen LogP contribution in [-0.2, 0) is 20.9 Å². The van der Waals surface area contributed by atoms with Gasteiger partial charge in [-0.3, -0.25) is 4.79 Å². The van der Waals surface area contributed by atoms with Crippen molar-refractivity contribution in [3.8, 4) is 0 Å². The number of nitrogens with two attached hydrogens (primary N) is 1. The molecule has 2 fully saturated rings. The SMILES string of the molecule is CC(N)C(=O)N1[C@@H](OC(=O)OCc2ccccc2)C[C@@H]2CCCC[C@@H]21. The number of nitrogens with zero attached hydrogens (tertiary/aromatic N) is 1. The van der Waals surface area contributed by atoms with Gasteiger partial charge in [0.1, 0.15) is 6.61 Å². The van der Waals surface area contributed by atoms with Gasteiger partial charge in [-0.1, -0.05) is 43.2 Å². The van der Waals surface area contributed by atoms with Crippen molar-refractivity contribution in [3.63, 3.8) is 0 Å². The molecule has 0 aromatic heterocycles. The molecule has 0 bridgehead atoms. The zero-order valence-electron chi connectivity index (χ0n) is 14.6. The maximum absolute atomic E-state index is 12.5. The second kappa shape index (κ2) is 7.87. The van der Waals surface area contributed by atoms with Gasteiger partial charge in [-0.15, -0.1) is 0 Å². The van der Waals surface area contributed by atoms with Gasteiger partial charge in [0.25, 0.3) is 0 Å². The minimum absolute atomic E-state index is 0.124. The normalized spacial score (nSPS) is 26.6. The Morgan fingerprint density at radius 2 is 1.96 bits per heavy atom. The highest BCUT2D eigenvalue weighted by molar-refractivity contribution is 5.82. The minimum atomic E-state index is -0.741. The summed E-state index contributed by atoms with van der Waals surface area (Å²) in [6.45, 7) is 1.82. The average molecular weight is 346 g/mol. The van der Waals surface area contributed by atoms with Gasteiger partial charge in [-0.25, -0.2) is 4.79 Å². The standard InChI is InChI=1S/C19H26N2O4/c1-13(20)18(22)21-16-10-6-5-9-15(16)11-17(21)25-19(23)24-12-14-7-3-2-4-8-14/h2-4,7-8,13,15-17H,5-6,9-12,20H2,1H3/t13?,15-,16-,17-/m0/s1. The molecule has 3 rings (SSSR count). The van der Waals surface area contributed by atoms with Crippen molar-refractivity contribution >= 4 is 12.1 Å². The summed E-state index contributed by atoms with van der Waals surface area (Å²) in [6.07, 6.45) is 3.62. The van der Waals surface area contributed by atoms with Crippen molar-refractivity contribution in [2.75, 3.05) is 0 Å². The largest absolute Gasteiger partial charge is 0.510 e. The molecule has 1 saturated heterocycles. The lowest BCUT2D eigenvalue weighted by Crippen LogP contribution is -2.50. The van der Waals surface area contributed by atoms with Gasteiger partial charge in [-0.2, -0.15) is 0 Å². The summed E-state index contributed by atoms with van der Waals surface area (Å²) in [4.78, 5) is 26.3. The number of benzene rings is 1. The van der Waals surface area contributed by atoms with Gasteiger partial charge in [0.05, 0.1) is 6.04 Å². The molecule has 1 unspecified atom stereocenters. The fourth-order valence-corrected chi connectivity index (χ4v) is 3.92. The Balaban J connectivity index is 1.62. The van der Waals surface area contributed by atoms with Gasteiger partial charge in [0.15, 0.2) is 6.23 Å². The Bertz CT molecular complexity index is 605. The zero-order valence-corrected chi connectivity index (χ0v) is 14.6. The number of hydrogen-bond donors (Lipinski definition) is 1. The molecule has 1 aromatic rings. The highest BCUT2D eigenvalue weighted by Gasteiger charge is 2.47. The summed E-state index contributed by atoms with van der Waals surface area (Å²) in [5, 5.41) is 0. The van der Waals surface area contributed by atoms with Crippen LogP contribution in [-0.4, -0.2) is 35.3 Å². The van der Waals surface area contributed by atoms with Crippen LogP contribution in [0.1, 0.15) is 44.6 Å². The van der Waals surface area contributed by atoms with E-state index < -0.39 is 18.4 Å². The Morgan fingerprint density at radius 1 is 1.24 bits per heavy atom. The van der Waals surface area contributed by atoms with Crippen LogP contribution in [0.3, 0.4) is 0 Å². The van der Waals surface area contributed by atoms with E-state index in [0.29, 0.717) is 12.3 Å². The lowest BCUT2D eigenvalue weighted by molar-refractivity contribution is -0.144. The second-order valence-electron chi connectivity index (χ2n) is 6.98. The number of rotatable bonds is 4. The molecule has 1 heterocycles. The Labute approximate surface area is 148 Å². The van der Waals surface area contributed by atoms with Crippen LogP contribution in [0.5, 0.6) is 0 Å². The molecule has 1 aliphatic heterocycles. The number of fused-ring (bicyclic) bond motifs is 1. The molecule has 4 atom stereocenters. The molecule has 25 heavy (non-hydrogen) atoms. The fourth-order valence-electron chi connectivity index (χ4n) is 3.92. The zero-order chi connectivity index (χ0) is 17.8. The smallest absolute Gasteiger partial charge is 0.429 e. The number of hydrogen-bond acceptors (Lipinski definition) is 5. The number of likely N-dealkylation sites (tertiary alicyclic amines) is 1.